The first-order chi connectivity index (χ1) is 11.1. The highest BCUT2D eigenvalue weighted by molar-refractivity contribution is 6.31. The zero-order valence-corrected chi connectivity index (χ0v) is 14.3. The first-order valence-electron chi connectivity index (χ1n) is 8.39. The van der Waals surface area contributed by atoms with E-state index in [9.17, 15) is 4.79 Å². The van der Waals surface area contributed by atoms with Gasteiger partial charge in [0.2, 0.25) is 5.91 Å². The highest BCUT2D eigenvalue weighted by atomic mass is 35.5. The molecule has 0 saturated carbocycles. The number of amides is 1. The zero-order chi connectivity index (χ0) is 16.3. The van der Waals surface area contributed by atoms with Crippen LogP contribution in [0.2, 0.25) is 5.02 Å². The van der Waals surface area contributed by atoms with Crippen molar-refractivity contribution in [3.8, 4) is 0 Å². The Kier molecular flexibility index (Phi) is 5.24. The summed E-state index contributed by atoms with van der Waals surface area (Å²) in [6, 6.07) is 7.66. The Labute approximate surface area is 142 Å². The van der Waals surface area contributed by atoms with Gasteiger partial charge in [0.05, 0.1) is 17.6 Å². The third-order valence-electron chi connectivity index (χ3n) is 5.05. The fourth-order valence-electron chi connectivity index (χ4n) is 3.62. The predicted octanol–water partition coefficient (Wildman–Crippen LogP) is 3.07. The van der Waals surface area contributed by atoms with Gasteiger partial charge in [0.25, 0.3) is 0 Å². The molecular formula is C18H24ClNO3. The average Bonchev–Trinajstić information content (AvgIpc) is 3.10. The molecule has 2 heterocycles. The molecule has 4 nitrogen and oxygen atoms in total. The van der Waals surface area contributed by atoms with Crippen LogP contribution in [0.4, 0.5) is 0 Å². The molecule has 0 bridgehead atoms. The average molecular weight is 338 g/mol. The Morgan fingerprint density at radius 1 is 1.30 bits per heavy atom. The van der Waals surface area contributed by atoms with Crippen molar-refractivity contribution in [1.29, 1.82) is 0 Å². The molecule has 23 heavy (non-hydrogen) atoms. The van der Waals surface area contributed by atoms with E-state index in [1.807, 2.05) is 31.2 Å². The molecule has 5 heteroatoms. The SMILES string of the molecule is C[C@@H](NC(=O)C1(c2ccccc2Cl)CCOCC1)[C@@H]1CCCO1. The van der Waals surface area contributed by atoms with Gasteiger partial charge in [-0.3, -0.25) is 4.79 Å². The quantitative estimate of drug-likeness (QED) is 0.918. The van der Waals surface area contributed by atoms with Gasteiger partial charge in [0.1, 0.15) is 0 Å². The van der Waals surface area contributed by atoms with Crippen molar-refractivity contribution < 1.29 is 14.3 Å². The van der Waals surface area contributed by atoms with E-state index in [4.69, 9.17) is 21.1 Å². The largest absolute Gasteiger partial charge is 0.381 e. The minimum Gasteiger partial charge on any atom is -0.381 e. The van der Waals surface area contributed by atoms with Gasteiger partial charge in [-0.1, -0.05) is 29.8 Å². The molecule has 0 unspecified atom stereocenters. The second-order valence-electron chi connectivity index (χ2n) is 6.49. The van der Waals surface area contributed by atoms with Crippen LogP contribution in [0.1, 0.15) is 38.2 Å². The van der Waals surface area contributed by atoms with Gasteiger partial charge >= 0.3 is 0 Å². The van der Waals surface area contributed by atoms with Crippen LogP contribution in [0.3, 0.4) is 0 Å². The molecular weight excluding hydrogens is 314 g/mol. The van der Waals surface area contributed by atoms with Crippen LogP contribution >= 0.6 is 11.6 Å². The van der Waals surface area contributed by atoms with E-state index in [1.54, 1.807) is 0 Å². The summed E-state index contributed by atoms with van der Waals surface area (Å²) in [6.07, 6.45) is 3.49. The predicted molar refractivity (Wildman–Crippen MR) is 89.8 cm³/mol. The zero-order valence-electron chi connectivity index (χ0n) is 13.5. The summed E-state index contributed by atoms with van der Waals surface area (Å²) in [5, 5.41) is 3.83. The molecule has 1 N–H and O–H groups in total. The van der Waals surface area contributed by atoms with Crippen molar-refractivity contribution in [2.45, 2.75) is 50.2 Å². The van der Waals surface area contributed by atoms with Gasteiger partial charge in [-0.2, -0.15) is 0 Å². The summed E-state index contributed by atoms with van der Waals surface area (Å²) in [4.78, 5) is 13.2. The molecule has 126 valence electrons. The van der Waals surface area contributed by atoms with Crippen molar-refractivity contribution in [2.24, 2.45) is 0 Å². The fraction of sp³-hybridized carbons (Fsp3) is 0.611. The maximum atomic E-state index is 13.2. The smallest absolute Gasteiger partial charge is 0.231 e. The maximum Gasteiger partial charge on any atom is 0.231 e. The molecule has 3 rings (SSSR count). The van der Waals surface area contributed by atoms with Crippen molar-refractivity contribution in [3.05, 3.63) is 34.9 Å². The normalized spacial score (nSPS) is 25.0. The highest BCUT2D eigenvalue weighted by Gasteiger charge is 2.43. The lowest BCUT2D eigenvalue weighted by atomic mass is 9.73. The molecule has 0 aliphatic carbocycles. The Balaban J connectivity index is 1.83. The molecule has 2 aliphatic heterocycles. The summed E-state index contributed by atoms with van der Waals surface area (Å²) >= 11 is 6.41. The number of carbonyl (C=O) groups is 1. The summed E-state index contributed by atoms with van der Waals surface area (Å²) in [7, 11) is 0. The van der Waals surface area contributed by atoms with Gasteiger partial charge in [-0.15, -0.1) is 0 Å². The van der Waals surface area contributed by atoms with Crippen molar-refractivity contribution in [3.63, 3.8) is 0 Å². The number of benzene rings is 1. The summed E-state index contributed by atoms with van der Waals surface area (Å²) in [5.41, 5.74) is 0.297. The third kappa shape index (κ3) is 3.39. The molecule has 2 saturated heterocycles. The lowest BCUT2D eigenvalue weighted by molar-refractivity contribution is -0.132. The summed E-state index contributed by atoms with van der Waals surface area (Å²) < 4.78 is 11.2. The Morgan fingerprint density at radius 2 is 2.04 bits per heavy atom. The first kappa shape index (κ1) is 16.7. The topological polar surface area (TPSA) is 47.6 Å². The fourth-order valence-corrected chi connectivity index (χ4v) is 3.94. The monoisotopic (exact) mass is 337 g/mol. The number of hydrogen-bond donors (Lipinski definition) is 1. The standard InChI is InChI=1S/C18H24ClNO3/c1-13(16-7-4-10-23-16)20-17(21)18(8-11-22-12-9-18)14-5-2-3-6-15(14)19/h2-3,5-6,13,16H,4,7-12H2,1H3,(H,20,21)/t13-,16+/m1/s1. The lowest BCUT2D eigenvalue weighted by Crippen LogP contribution is -2.52. The van der Waals surface area contributed by atoms with Crippen LogP contribution in [0.25, 0.3) is 0 Å². The number of carbonyl (C=O) groups excluding carboxylic acids is 1. The Morgan fingerprint density at radius 3 is 2.70 bits per heavy atom. The number of halogens is 1. The van der Waals surface area contributed by atoms with Gasteiger partial charge in [0.15, 0.2) is 0 Å². The molecule has 0 aromatic heterocycles. The van der Waals surface area contributed by atoms with E-state index in [1.165, 1.54) is 0 Å². The minimum atomic E-state index is -0.608. The molecule has 0 radical (unpaired) electrons. The maximum absolute atomic E-state index is 13.2. The third-order valence-corrected chi connectivity index (χ3v) is 5.38. The van der Waals surface area contributed by atoms with Crippen LogP contribution in [0.15, 0.2) is 24.3 Å². The number of nitrogens with one attached hydrogen (secondary N) is 1. The van der Waals surface area contributed by atoms with E-state index >= 15 is 0 Å². The molecule has 1 aromatic rings. The Hall–Kier alpha value is -1.10. The van der Waals surface area contributed by atoms with Gasteiger partial charge < -0.3 is 14.8 Å². The minimum absolute atomic E-state index is 0.00667. The summed E-state index contributed by atoms with van der Waals surface area (Å²) in [6.45, 7) is 3.96. The molecule has 0 spiro atoms. The molecule has 2 atom stereocenters. The molecule has 2 aliphatic rings. The Bertz CT molecular complexity index is 551. The first-order valence-corrected chi connectivity index (χ1v) is 8.76. The van der Waals surface area contributed by atoms with Gasteiger partial charge in [-0.25, -0.2) is 0 Å². The van der Waals surface area contributed by atoms with Crippen LogP contribution in [-0.4, -0.2) is 37.9 Å². The second-order valence-corrected chi connectivity index (χ2v) is 6.90. The lowest BCUT2D eigenvalue weighted by Gasteiger charge is -2.38. The van der Waals surface area contributed by atoms with Crippen LogP contribution in [-0.2, 0) is 19.7 Å². The van der Waals surface area contributed by atoms with E-state index < -0.39 is 5.41 Å². The van der Waals surface area contributed by atoms with E-state index in [2.05, 4.69) is 5.32 Å². The van der Waals surface area contributed by atoms with E-state index in [0.717, 1.165) is 25.0 Å². The van der Waals surface area contributed by atoms with Gasteiger partial charge in [0, 0.05) is 24.8 Å². The van der Waals surface area contributed by atoms with E-state index in [0.29, 0.717) is 31.1 Å². The van der Waals surface area contributed by atoms with Crippen LogP contribution < -0.4 is 5.32 Å². The molecule has 1 amide bonds. The molecule has 1 aromatic carbocycles. The number of hydrogen-bond acceptors (Lipinski definition) is 3. The number of ether oxygens (including phenoxy) is 2. The van der Waals surface area contributed by atoms with Crippen molar-refractivity contribution >= 4 is 17.5 Å². The van der Waals surface area contributed by atoms with Crippen molar-refractivity contribution in [2.75, 3.05) is 19.8 Å². The van der Waals surface area contributed by atoms with E-state index in [-0.39, 0.29) is 18.1 Å². The van der Waals surface area contributed by atoms with Crippen molar-refractivity contribution in [1.82, 2.24) is 5.32 Å². The highest BCUT2D eigenvalue weighted by Crippen LogP contribution is 2.39. The molecule has 2 fully saturated rings. The van der Waals surface area contributed by atoms with Gasteiger partial charge in [-0.05, 0) is 44.2 Å². The van der Waals surface area contributed by atoms with Crippen LogP contribution in [0.5, 0.6) is 0 Å². The number of rotatable bonds is 4. The second kappa shape index (κ2) is 7.20. The van der Waals surface area contributed by atoms with Crippen LogP contribution in [0, 0.1) is 0 Å². The summed E-state index contributed by atoms with van der Waals surface area (Å²) in [5.74, 6) is 0.0388.